The van der Waals surface area contributed by atoms with E-state index < -0.39 is 24.3 Å². The Hall–Kier alpha value is -3.46. The van der Waals surface area contributed by atoms with E-state index in [2.05, 4.69) is 0 Å². The Balaban J connectivity index is 1.48. The second kappa shape index (κ2) is 9.42. The largest absolute Gasteiger partial charge is 0.482 e. The summed E-state index contributed by atoms with van der Waals surface area (Å²) in [5, 5.41) is 8.76. The second-order valence-electron chi connectivity index (χ2n) is 7.79. The number of amides is 1. The van der Waals surface area contributed by atoms with Crippen molar-refractivity contribution in [1.29, 1.82) is 0 Å². The van der Waals surface area contributed by atoms with E-state index in [0.29, 0.717) is 22.8 Å². The number of thioether (sulfide) groups is 1. The van der Waals surface area contributed by atoms with Crippen molar-refractivity contribution in [3.05, 3.63) is 88.5 Å². The SMILES string of the molecule is Cc1cc(CSc2cccc3c2CN(c2ccc(C(F)(F)F)cc2)C3=O)ccc1OCC(=O)O. The van der Waals surface area contributed by atoms with Crippen LogP contribution in [-0.4, -0.2) is 23.6 Å². The van der Waals surface area contributed by atoms with Crippen LogP contribution >= 0.6 is 11.8 Å². The molecule has 3 aromatic carbocycles. The van der Waals surface area contributed by atoms with Crippen molar-refractivity contribution in [2.75, 3.05) is 11.5 Å². The van der Waals surface area contributed by atoms with Crippen LogP contribution < -0.4 is 9.64 Å². The Morgan fingerprint density at radius 2 is 1.85 bits per heavy atom. The maximum atomic E-state index is 12.9. The lowest BCUT2D eigenvalue weighted by molar-refractivity contribution is -0.139. The molecule has 0 atom stereocenters. The van der Waals surface area contributed by atoms with Gasteiger partial charge in [0, 0.05) is 21.9 Å². The number of rotatable bonds is 7. The summed E-state index contributed by atoms with van der Waals surface area (Å²) in [5.74, 6) is -0.162. The van der Waals surface area contributed by atoms with E-state index in [4.69, 9.17) is 9.84 Å². The summed E-state index contributed by atoms with van der Waals surface area (Å²) in [7, 11) is 0. The molecule has 0 aliphatic carbocycles. The molecule has 1 heterocycles. The van der Waals surface area contributed by atoms with Crippen molar-refractivity contribution in [2.24, 2.45) is 0 Å². The van der Waals surface area contributed by atoms with E-state index in [0.717, 1.165) is 33.7 Å². The summed E-state index contributed by atoms with van der Waals surface area (Å²) in [6.45, 7) is 1.71. The Morgan fingerprint density at radius 3 is 2.50 bits per heavy atom. The van der Waals surface area contributed by atoms with E-state index in [-0.39, 0.29) is 12.5 Å². The van der Waals surface area contributed by atoms with Gasteiger partial charge in [0.05, 0.1) is 12.1 Å². The Bertz CT molecular complexity index is 1240. The molecule has 1 N–H and O–H groups in total. The second-order valence-corrected chi connectivity index (χ2v) is 8.81. The quantitative estimate of drug-likeness (QED) is 0.419. The molecule has 4 rings (SSSR count). The number of aliphatic carboxylic acids is 1. The zero-order chi connectivity index (χ0) is 24.5. The van der Waals surface area contributed by atoms with E-state index in [1.807, 2.05) is 25.1 Å². The molecule has 0 aromatic heterocycles. The fraction of sp³-hybridized carbons (Fsp3) is 0.200. The molecule has 0 fully saturated rings. The molecule has 5 nitrogen and oxygen atoms in total. The minimum atomic E-state index is -4.43. The van der Waals surface area contributed by atoms with Gasteiger partial charge in [-0.2, -0.15) is 13.2 Å². The van der Waals surface area contributed by atoms with Gasteiger partial charge in [-0.05, 0) is 66.1 Å². The average molecular weight is 487 g/mol. The number of carboxylic acid groups (broad SMARTS) is 1. The molecule has 0 spiro atoms. The first-order valence-corrected chi connectivity index (χ1v) is 11.3. The summed E-state index contributed by atoms with van der Waals surface area (Å²) in [6.07, 6.45) is -4.43. The number of carboxylic acids is 1. The van der Waals surface area contributed by atoms with Gasteiger partial charge in [-0.15, -0.1) is 11.8 Å². The maximum absolute atomic E-state index is 12.9. The molecule has 34 heavy (non-hydrogen) atoms. The van der Waals surface area contributed by atoms with Gasteiger partial charge in [0.2, 0.25) is 0 Å². The number of carbonyl (C=O) groups excluding carboxylic acids is 1. The van der Waals surface area contributed by atoms with E-state index >= 15 is 0 Å². The predicted octanol–water partition coefficient (Wildman–Crippen LogP) is 5.93. The number of nitrogens with zero attached hydrogens (tertiary/aromatic N) is 1. The molecular weight excluding hydrogens is 467 g/mol. The zero-order valence-electron chi connectivity index (χ0n) is 18.1. The third-order valence-electron chi connectivity index (χ3n) is 5.42. The third-order valence-corrected chi connectivity index (χ3v) is 6.59. The predicted molar refractivity (Wildman–Crippen MR) is 122 cm³/mol. The van der Waals surface area contributed by atoms with Crippen LogP contribution in [-0.2, 0) is 23.3 Å². The molecule has 1 aliphatic rings. The van der Waals surface area contributed by atoms with Crippen molar-refractivity contribution in [3.8, 4) is 5.75 Å². The van der Waals surface area contributed by atoms with Gasteiger partial charge >= 0.3 is 12.1 Å². The highest BCUT2D eigenvalue weighted by molar-refractivity contribution is 7.98. The van der Waals surface area contributed by atoms with Crippen molar-refractivity contribution < 1.29 is 32.6 Å². The number of anilines is 1. The Kier molecular flexibility index (Phi) is 6.56. The molecule has 0 saturated heterocycles. The van der Waals surface area contributed by atoms with Crippen LogP contribution in [0.1, 0.15) is 32.6 Å². The zero-order valence-corrected chi connectivity index (χ0v) is 18.9. The molecule has 3 aromatic rings. The van der Waals surface area contributed by atoms with Crippen LogP contribution in [0.2, 0.25) is 0 Å². The van der Waals surface area contributed by atoms with E-state index in [1.165, 1.54) is 17.0 Å². The van der Waals surface area contributed by atoms with Gasteiger partial charge in [0.1, 0.15) is 5.75 Å². The maximum Gasteiger partial charge on any atom is 0.416 e. The van der Waals surface area contributed by atoms with Crippen LogP contribution in [0.3, 0.4) is 0 Å². The van der Waals surface area contributed by atoms with Gasteiger partial charge < -0.3 is 14.7 Å². The summed E-state index contributed by atoms with van der Waals surface area (Å²) >= 11 is 1.55. The van der Waals surface area contributed by atoms with Gasteiger partial charge in [-0.3, -0.25) is 4.79 Å². The highest BCUT2D eigenvalue weighted by Crippen LogP contribution is 2.37. The number of carbonyl (C=O) groups is 2. The number of ether oxygens (including phenoxy) is 1. The standard InChI is InChI=1S/C25H20F3NO4S/c1-15-11-16(5-10-21(15)33-13-23(30)31)14-34-22-4-2-3-19-20(22)12-29(24(19)32)18-8-6-17(7-9-18)25(26,27)28/h2-11H,12-14H2,1H3,(H,30,31). The van der Waals surface area contributed by atoms with Crippen molar-refractivity contribution >= 4 is 29.3 Å². The molecule has 176 valence electrons. The molecule has 0 saturated carbocycles. The topological polar surface area (TPSA) is 66.8 Å². The van der Waals surface area contributed by atoms with Gasteiger partial charge in [0.15, 0.2) is 6.61 Å². The number of hydrogen-bond acceptors (Lipinski definition) is 4. The van der Waals surface area contributed by atoms with Crippen molar-refractivity contribution in [3.63, 3.8) is 0 Å². The fourth-order valence-electron chi connectivity index (χ4n) is 3.74. The summed E-state index contributed by atoms with van der Waals surface area (Å²) in [6, 6.07) is 15.6. The number of fused-ring (bicyclic) bond motifs is 1. The van der Waals surface area contributed by atoms with Gasteiger partial charge in [-0.1, -0.05) is 18.2 Å². The number of benzene rings is 3. The normalized spacial score (nSPS) is 13.2. The van der Waals surface area contributed by atoms with Crippen LogP contribution in [0, 0.1) is 6.92 Å². The lowest BCUT2D eigenvalue weighted by Gasteiger charge is -2.17. The van der Waals surface area contributed by atoms with Crippen LogP contribution in [0.4, 0.5) is 18.9 Å². The van der Waals surface area contributed by atoms with Crippen molar-refractivity contribution in [2.45, 2.75) is 30.3 Å². The van der Waals surface area contributed by atoms with Gasteiger partial charge in [-0.25, -0.2) is 4.79 Å². The lowest BCUT2D eigenvalue weighted by Crippen LogP contribution is -2.23. The highest BCUT2D eigenvalue weighted by Gasteiger charge is 2.33. The molecule has 0 radical (unpaired) electrons. The minimum Gasteiger partial charge on any atom is -0.482 e. The summed E-state index contributed by atoms with van der Waals surface area (Å²) in [4.78, 5) is 26.0. The molecular formula is C25H20F3NO4S. The number of alkyl halides is 3. The number of aryl methyl sites for hydroxylation is 1. The highest BCUT2D eigenvalue weighted by atomic mass is 32.2. The van der Waals surface area contributed by atoms with Crippen LogP contribution in [0.5, 0.6) is 5.75 Å². The van der Waals surface area contributed by atoms with Crippen LogP contribution in [0.15, 0.2) is 65.6 Å². The monoisotopic (exact) mass is 487 g/mol. The number of halogens is 3. The van der Waals surface area contributed by atoms with E-state index in [9.17, 15) is 22.8 Å². The first kappa shape index (κ1) is 23.7. The smallest absolute Gasteiger partial charge is 0.416 e. The molecule has 1 aliphatic heterocycles. The molecule has 1 amide bonds. The summed E-state index contributed by atoms with van der Waals surface area (Å²) in [5.41, 5.74) is 2.87. The fourth-order valence-corrected chi connectivity index (χ4v) is 4.77. The summed E-state index contributed by atoms with van der Waals surface area (Å²) < 4.78 is 43.9. The minimum absolute atomic E-state index is 0.243. The Morgan fingerprint density at radius 1 is 1.12 bits per heavy atom. The third kappa shape index (κ3) is 5.04. The lowest BCUT2D eigenvalue weighted by atomic mass is 10.1. The van der Waals surface area contributed by atoms with E-state index in [1.54, 1.807) is 30.0 Å². The molecule has 9 heteroatoms. The molecule has 0 bridgehead atoms. The van der Waals surface area contributed by atoms with Gasteiger partial charge in [0.25, 0.3) is 5.91 Å². The number of hydrogen-bond donors (Lipinski definition) is 1. The molecule has 0 unspecified atom stereocenters. The Labute approximate surface area is 198 Å². The average Bonchev–Trinajstić information content (AvgIpc) is 3.13. The first-order valence-electron chi connectivity index (χ1n) is 10.3. The first-order chi connectivity index (χ1) is 16.1. The van der Waals surface area contributed by atoms with Crippen LogP contribution in [0.25, 0.3) is 0 Å². The van der Waals surface area contributed by atoms with Crippen molar-refractivity contribution in [1.82, 2.24) is 0 Å².